The highest BCUT2D eigenvalue weighted by atomic mass is 32.1. The maximum Gasteiger partial charge on any atom is 0.184 e. The second-order valence-corrected chi connectivity index (χ2v) is 12.7. The molecular formula is C29H26N8O4S2. The minimum atomic E-state index is -1.11. The Bertz CT molecular complexity index is 1900. The molecule has 0 spiro atoms. The maximum absolute atomic E-state index is 12.0. The van der Waals surface area contributed by atoms with Crippen LogP contribution in [-0.2, 0) is 14.2 Å². The highest BCUT2D eigenvalue weighted by Crippen LogP contribution is 2.44. The summed E-state index contributed by atoms with van der Waals surface area (Å²) in [6.07, 6.45) is -0.286. The average Bonchev–Trinajstić information content (AvgIpc) is 3.83. The van der Waals surface area contributed by atoms with Crippen molar-refractivity contribution in [3.8, 4) is 16.4 Å². The van der Waals surface area contributed by atoms with Crippen LogP contribution in [-0.4, -0.2) is 69.8 Å². The second kappa shape index (κ2) is 10.7. The Morgan fingerprint density at radius 1 is 1.02 bits per heavy atom. The molecule has 2 fully saturated rings. The fourth-order valence-corrected chi connectivity index (χ4v) is 7.32. The summed E-state index contributed by atoms with van der Waals surface area (Å²) in [4.78, 5) is 9.12. The highest BCUT2D eigenvalue weighted by Gasteiger charge is 2.52. The van der Waals surface area contributed by atoms with Gasteiger partial charge >= 0.3 is 0 Å². The van der Waals surface area contributed by atoms with Crippen LogP contribution in [0, 0.1) is 13.8 Å². The van der Waals surface area contributed by atoms with E-state index in [0.29, 0.717) is 11.5 Å². The van der Waals surface area contributed by atoms with Gasteiger partial charge in [-0.15, -0.1) is 38.0 Å². The van der Waals surface area contributed by atoms with Gasteiger partial charge in [-0.05, 0) is 32.0 Å². The molecule has 0 aliphatic carbocycles. The van der Waals surface area contributed by atoms with Gasteiger partial charge in [-0.25, -0.2) is 14.6 Å². The second-order valence-electron chi connectivity index (χ2n) is 10.6. The molecule has 0 saturated carbocycles. The molecule has 2 aliphatic heterocycles. The summed E-state index contributed by atoms with van der Waals surface area (Å²) < 4.78 is 23.7. The summed E-state index contributed by atoms with van der Waals surface area (Å²) in [5, 5.41) is 33.2. The first-order valence-electron chi connectivity index (χ1n) is 13.8. The van der Waals surface area contributed by atoms with Gasteiger partial charge in [0.2, 0.25) is 0 Å². The number of aliphatic hydroxyl groups is 1. The normalized spacial score (nSPS) is 25.7. The van der Waals surface area contributed by atoms with E-state index in [0.717, 1.165) is 37.2 Å². The van der Waals surface area contributed by atoms with E-state index in [1.54, 1.807) is 28.5 Å². The average molecular weight is 615 g/mol. The first-order chi connectivity index (χ1) is 21.0. The van der Waals surface area contributed by atoms with E-state index in [-0.39, 0.29) is 6.61 Å². The van der Waals surface area contributed by atoms with E-state index >= 15 is 0 Å². The number of nitrogens with zero attached hydrogens (tertiary/aromatic N) is 8. The molecule has 1 N–H and O–H groups in total. The van der Waals surface area contributed by atoms with Crippen molar-refractivity contribution in [1.29, 1.82) is 0 Å². The predicted molar refractivity (Wildman–Crippen MR) is 158 cm³/mol. The number of thiazole rings is 2. The molecule has 43 heavy (non-hydrogen) atoms. The van der Waals surface area contributed by atoms with Crippen LogP contribution in [0.2, 0.25) is 0 Å². The van der Waals surface area contributed by atoms with Gasteiger partial charge in [-0.2, -0.15) is 0 Å². The number of rotatable bonds is 5. The smallest absolute Gasteiger partial charge is 0.184 e. The Hall–Kier alpha value is -3.92. The lowest BCUT2D eigenvalue weighted by atomic mass is 9.91. The van der Waals surface area contributed by atoms with E-state index in [9.17, 15) is 5.11 Å². The number of ether oxygens (including phenoxy) is 3. The van der Waals surface area contributed by atoms with Crippen LogP contribution in [0.3, 0.4) is 0 Å². The summed E-state index contributed by atoms with van der Waals surface area (Å²) in [6, 6.07) is 15.0. The summed E-state index contributed by atoms with van der Waals surface area (Å²) in [5.41, 5.74) is 4.17. The molecule has 2 saturated heterocycles. The predicted octanol–water partition coefficient (Wildman–Crippen LogP) is 4.37. The molecule has 6 atom stereocenters. The third-order valence-corrected chi connectivity index (χ3v) is 9.60. The van der Waals surface area contributed by atoms with Crippen LogP contribution >= 0.6 is 22.7 Å². The third kappa shape index (κ3) is 4.76. The van der Waals surface area contributed by atoms with Gasteiger partial charge in [-0.1, -0.05) is 35.5 Å². The van der Waals surface area contributed by atoms with Gasteiger partial charge in [0, 0.05) is 22.3 Å². The summed E-state index contributed by atoms with van der Waals surface area (Å²) in [7, 11) is 0. The molecule has 2 aliphatic rings. The van der Waals surface area contributed by atoms with Crippen molar-refractivity contribution >= 4 is 32.9 Å². The minimum absolute atomic E-state index is 0.247. The monoisotopic (exact) mass is 614 g/mol. The molecule has 4 aromatic heterocycles. The lowest BCUT2D eigenvalue weighted by molar-refractivity contribution is -0.319. The molecular weight excluding hydrogens is 589 g/mol. The Balaban J connectivity index is 1.17. The zero-order valence-electron chi connectivity index (χ0n) is 23.1. The zero-order valence-corrected chi connectivity index (χ0v) is 24.7. The van der Waals surface area contributed by atoms with Crippen molar-refractivity contribution in [2.75, 3.05) is 6.61 Å². The molecule has 0 radical (unpaired) electrons. The number of aryl methyl sites for hydroxylation is 2. The van der Waals surface area contributed by atoms with Crippen LogP contribution in [0.15, 0.2) is 66.4 Å². The first kappa shape index (κ1) is 26.7. The zero-order chi connectivity index (χ0) is 29.1. The van der Waals surface area contributed by atoms with Crippen molar-refractivity contribution in [2.24, 2.45) is 0 Å². The SMILES string of the molecule is Cc1csc(-c2cn(C3C(O)[C@H](c4nncn4-c4ccc5nc(C)sc5c4)OC4COC(c5ccccc5)O[C@@H]43)nn2)n1. The Morgan fingerprint density at radius 2 is 1.91 bits per heavy atom. The van der Waals surface area contributed by atoms with E-state index in [1.165, 1.54) is 11.3 Å². The van der Waals surface area contributed by atoms with Gasteiger partial charge in [0.25, 0.3) is 0 Å². The van der Waals surface area contributed by atoms with Gasteiger partial charge < -0.3 is 19.3 Å². The van der Waals surface area contributed by atoms with Crippen LogP contribution in [0.1, 0.15) is 40.5 Å². The minimum Gasteiger partial charge on any atom is -0.388 e. The van der Waals surface area contributed by atoms with Crippen molar-refractivity contribution in [2.45, 2.75) is 50.6 Å². The van der Waals surface area contributed by atoms with Crippen LogP contribution < -0.4 is 0 Å². The van der Waals surface area contributed by atoms with Gasteiger partial charge in [0.15, 0.2) is 12.1 Å². The number of fused-ring (bicyclic) bond motifs is 2. The highest BCUT2D eigenvalue weighted by molar-refractivity contribution is 7.18. The largest absolute Gasteiger partial charge is 0.388 e. The number of hydrogen-bond acceptors (Lipinski definition) is 12. The van der Waals surface area contributed by atoms with Crippen molar-refractivity contribution in [3.05, 3.63) is 88.5 Å². The van der Waals surface area contributed by atoms with E-state index in [4.69, 9.17) is 14.2 Å². The van der Waals surface area contributed by atoms with Crippen LogP contribution in [0.5, 0.6) is 0 Å². The molecule has 6 heterocycles. The van der Waals surface area contributed by atoms with Crippen molar-refractivity contribution in [1.82, 2.24) is 39.7 Å². The van der Waals surface area contributed by atoms with Gasteiger partial charge in [0.1, 0.15) is 47.5 Å². The third-order valence-electron chi connectivity index (χ3n) is 7.69. The van der Waals surface area contributed by atoms with Gasteiger partial charge in [-0.3, -0.25) is 4.57 Å². The summed E-state index contributed by atoms with van der Waals surface area (Å²) in [6.45, 7) is 4.17. The molecule has 14 heteroatoms. The first-order valence-corrected chi connectivity index (χ1v) is 15.5. The molecule has 8 rings (SSSR count). The van der Waals surface area contributed by atoms with Crippen LogP contribution in [0.4, 0.5) is 0 Å². The molecule has 4 unspecified atom stereocenters. The van der Waals surface area contributed by atoms with Crippen molar-refractivity contribution < 1.29 is 19.3 Å². The van der Waals surface area contributed by atoms with Crippen LogP contribution in [0.25, 0.3) is 26.6 Å². The fraction of sp³-hybridized carbons (Fsp3) is 0.310. The topological polar surface area (TPSA) is 135 Å². The standard InChI is InChI=1S/C29H26N8O4S2/c1-15-13-42-28(31-15)20-11-37(35-33-20)23-24(38)26(40-21-12-39-29(41-25(21)23)17-6-4-3-5-7-17)27-34-30-14-36(27)18-8-9-19-22(10-18)43-16(2)32-19/h3-11,13-14,21,23-26,29,38H,12H2,1-2H3/t21?,23?,24?,25-,26+,29?/m0/s1. The molecule has 0 amide bonds. The van der Waals surface area contributed by atoms with E-state index in [2.05, 4.69) is 30.5 Å². The number of aromatic nitrogens is 8. The number of aliphatic hydroxyl groups excluding tert-OH is 1. The fourth-order valence-electron chi connectivity index (χ4n) is 5.72. The number of benzene rings is 2. The Labute approximate surface area is 253 Å². The quantitative estimate of drug-likeness (QED) is 0.298. The summed E-state index contributed by atoms with van der Waals surface area (Å²) >= 11 is 3.11. The number of hydrogen-bond donors (Lipinski definition) is 1. The van der Waals surface area contributed by atoms with E-state index < -0.39 is 36.7 Å². The maximum atomic E-state index is 12.0. The lowest BCUT2D eigenvalue weighted by Gasteiger charge is -2.47. The molecule has 218 valence electrons. The Kier molecular flexibility index (Phi) is 6.62. The molecule has 2 aromatic carbocycles. The molecule has 6 aromatic rings. The molecule has 0 bridgehead atoms. The van der Waals surface area contributed by atoms with Gasteiger partial charge in [0.05, 0.1) is 28.0 Å². The lowest BCUT2D eigenvalue weighted by Crippen LogP contribution is -2.57. The summed E-state index contributed by atoms with van der Waals surface area (Å²) in [5.74, 6) is 0.456. The van der Waals surface area contributed by atoms with E-state index in [1.807, 2.05) is 72.3 Å². The molecule has 12 nitrogen and oxygen atoms in total. The Morgan fingerprint density at radius 3 is 2.74 bits per heavy atom. The van der Waals surface area contributed by atoms with Crippen molar-refractivity contribution in [3.63, 3.8) is 0 Å².